The van der Waals surface area contributed by atoms with Crippen LogP contribution in [0.2, 0.25) is 0 Å². The highest BCUT2D eigenvalue weighted by Crippen LogP contribution is 2.40. The Morgan fingerprint density at radius 2 is 1.72 bits per heavy atom. The number of esters is 1. The van der Waals surface area contributed by atoms with E-state index < -0.39 is 6.10 Å². The Hall–Kier alpha value is -1.97. The van der Waals surface area contributed by atoms with Gasteiger partial charge in [0.15, 0.2) is 6.10 Å². The van der Waals surface area contributed by atoms with Gasteiger partial charge in [0.2, 0.25) is 5.78 Å². The lowest BCUT2D eigenvalue weighted by atomic mass is 9.67. The third kappa shape index (κ3) is 3.68. The number of fused-ring (bicyclic) bond motifs is 2. The van der Waals surface area contributed by atoms with Crippen molar-refractivity contribution < 1.29 is 19.1 Å². The Bertz CT molecular complexity index is 690. The van der Waals surface area contributed by atoms with E-state index in [-0.39, 0.29) is 29.5 Å². The third-order valence-electron chi connectivity index (χ3n) is 5.83. The minimum atomic E-state index is -0.799. The van der Waals surface area contributed by atoms with Crippen LogP contribution in [-0.4, -0.2) is 23.6 Å². The lowest BCUT2D eigenvalue weighted by Crippen LogP contribution is -2.40. The number of ether oxygens (including phenoxy) is 1. The number of hydrogen-bond donors (Lipinski definition) is 0. The average molecular weight is 342 g/mol. The number of ketones is 2. The lowest BCUT2D eigenvalue weighted by molar-refractivity contribution is -0.155. The summed E-state index contributed by atoms with van der Waals surface area (Å²) < 4.78 is 5.48. The minimum Gasteiger partial charge on any atom is -0.454 e. The van der Waals surface area contributed by atoms with Gasteiger partial charge in [-0.05, 0) is 63.6 Å². The van der Waals surface area contributed by atoms with E-state index in [1.54, 1.807) is 13.0 Å². The van der Waals surface area contributed by atoms with Gasteiger partial charge in [-0.25, -0.2) is 0 Å². The van der Waals surface area contributed by atoms with Crippen LogP contribution in [-0.2, 0) is 14.3 Å². The highest BCUT2D eigenvalue weighted by molar-refractivity contribution is 6.00. The summed E-state index contributed by atoms with van der Waals surface area (Å²) >= 11 is 0. The molecule has 1 unspecified atom stereocenters. The smallest absolute Gasteiger partial charge is 0.309 e. The topological polar surface area (TPSA) is 60.4 Å². The molecule has 2 fully saturated rings. The van der Waals surface area contributed by atoms with Crippen molar-refractivity contribution in [2.45, 2.75) is 59.0 Å². The average Bonchev–Trinajstić information content (AvgIpc) is 2.56. The third-order valence-corrected chi connectivity index (χ3v) is 5.83. The minimum absolute atomic E-state index is 0.0100. The van der Waals surface area contributed by atoms with Gasteiger partial charge >= 0.3 is 5.97 Å². The quantitative estimate of drug-likeness (QED) is 0.616. The maximum absolute atomic E-state index is 12.5. The van der Waals surface area contributed by atoms with Crippen LogP contribution in [0.3, 0.4) is 0 Å². The van der Waals surface area contributed by atoms with Gasteiger partial charge in [-0.2, -0.15) is 0 Å². The first-order chi connectivity index (χ1) is 11.9. The molecule has 2 saturated carbocycles. The van der Waals surface area contributed by atoms with Gasteiger partial charge in [-0.15, -0.1) is 0 Å². The molecule has 2 aliphatic rings. The molecule has 1 aromatic rings. The molecule has 1 aromatic carbocycles. The largest absolute Gasteiger partial charge is 0.454 e. The maximum atomic E-state index is 12.5. The van der Waals surface area contributed by atoms with Gasteiger partial charge in [-0.1, -0.05) is 18.6 Å². The Morgan fingerprint density at radius 1 is 1.08 bits per heavy atom. The first kappa shape index (κ1) is 17.8. The summed E-state index contributed by atoms with van der Waals surface area (Å²) in [6.45, 7) is 5.58. The molecule has 25 heavy (non-hydrogen) atoms. The van der Waals surface area contributed by atoms with Crippen molar-refractivity contribution in [3.63, 3.8) is 0 Å². The second-order valence-electron chi connectivity index (χ2n) is 7.64. The van der Waals surface area contributed by atoms with Gasteiger partial charge in [0, 0.05) is 17.4 Å². The Morgan fingerprint density at radius 3 is 2.32 bits per heavy atom. The highest BCUT2D eigenvalue weighted by atomic mass is 16.5. The van der Waals surface area contributed by atoms with Crippen molar-refractivity contribution in [3.05, 3.63) is 34.9 Å². The summed E-state index contributed by atoms with van der Waals surface area (Å²) in [7, 11) is 0. The van der Waals surface area contributed by atoms with Crippen LogP contribution < -0.4 is 0 Å². The van der Waals surface area contributed by atoms with E-state index in [4.69, 9.17) is 4.74 Å². The van der Waals surface area contributed by atoms with Crippen molar-refractivity contribution in [2.24, 2.45) is 17.8 Å². The summed E-state index contributed by atoms with van der Waals surface area (Å²) in [5, 5.41) is 0. The number of carbonyl (C=O) groups is 3. The van der Waals surface area contributed by atoms with E-state index in [1.165, 1.54) is 0 Å². The number of benzene rings is 1. The second kappa shape index (κ2) is 7.11. The van der Waals surface area contributed by atoms with Crippen molar-refractivity contribution in [1.82, 2.24) is 0 Å². The SMILES string of the molecule is Cc1ccc(C(=O)[C@H](C)OC(=O)C2C[C@H]3CCC[C@@H](C2)C3=O)cc1C. The summed E-state index contributed by atoms with van der Waals surface area (Å²) in [5.74, 6) is -0.401. The fourth-order valence-electron chi connectivity index (χ4n) is 4.13. The maximum Gasteiger partial charge on any atom is 0.309 e. The molecular weight excluding hydrogens is 316 g/mol. The lowest BCUT2D eigenvalue weighted by Gasteiger charge is -2.36. The Balaban J connectivity index is 1.63. The number of rotatable bonds is 4. The summed E-state index contributed by atoms with van der Waals surface area (Å²) in [6, 6.07) is 5.52. The molecule has 0 spiro atoms. The van der Waals surface area contributed by atoms with Gasteiger partial charge in [0.1, 0.15) is 5.78 Å². The Kier molecular flexibility index (Phi) is 5.07. The van der Waals surface area contributed by atoms with Gasteiger partial charge in [0.25, 0.3) is 0 Å². The summed E-state index contributed by atoms with van der Waals surface area (Å²) in [4.78, 5) is 37.2. The van der Waals surface area contributed by atoms with Crippen molar-refractivity contribution in [3.8, 4) is 0 Å². The van der Waals surface area contributed by atoms with Crippen molar-refractivity contribution in [1.29, 1.82) is 0 Å². The molecule has 2 bridgehead atoms. The molecule has 0 aromatic heterocycles. The molecule has 0 heterocycles. The summed E-state index contributed by atoms with van der Waals surface area (Å²) in [6.07, 6.45) is 3.21. The van der Waals surface area contributed by atoms with E-state index in [9.17, 15) is 14.4 Å². The van der Waals surface area contributed by atoms with Crippen LogP contribution in [0.25, 0.3) is 0 Å². The zero-order valence-electron chi connectivity index (χ0n) is 15.2. The normalized spacial score (nSPS) is 26.8. The molecule has 134 valence electrons. The molecule has 4 atom stereocenters. The van der Waals surface area contributed by atoms with E-state index >= 15 is 0 Å². The van der Waals surface area contributed by atoms with Crippen LogP contribution in [0.15, 0.2) is 18.2 Å². The number of carbonyl (C=O) groups excluding carboxylic acids is 3. The summed E-state index contributed by atoms with van der Waals surface area (Å²) in [5.41, 5.74) is 2.74. The highest BCUT2D eigenvalue weighted by Gasteiger charge is 2.42. The fourth-order valence-corrected chi connectivity index (χ4v) is 4.13. The van der Waals surface area contributed by atoms with E-state index in [1.807, 2.05) is 26.0 Å². The Labute approximate surface area is 148 Å². The second-order valence-corrected chi connectivity index (χ2v) is 7.64. The van der Waals surface area contributed by atoms with Crippen LogP contribution in [0.5, 0.6) is 0 Å². The predicted octanol–water partition coefficient (Wildman–Crippen LogP) is 3.81. The van der Waals surface area contributed by atoms with Crippen LogP contribution >= 0.6 is 0 Å². The van der Waals surface area contributed by atoms with Gasteiger partial charge in [-0.3, -0.25) is 14.4 Å². The first-order valence-corrected chi connectivity index (χ1v) is 9.22. The zero-order chi connectivity index (χ0) is 18.1. The van der Waals surface area contributed by atoms with Gasteiger partial charge < -0.3 is 4.74 Å². The van der Waals surface area contributed by atoms with Crippen LogP contribution in [0, 0.1) is 31.6 Å². The van der Waals surface area contributed by atoms with Gasteiger partial charge in [0.05, 0.1) is 5.92 Å². The van der Waals surface area contributed by atoms with Crippen molar-refractivity contribution in [2.75, 3.05) is 0 Å². The molecule has 0 saturated heterocycles. The predicted molar refractivity (Wildman–Crippen MR) is 94.4 cm³/mol. The van der Waals surface area contributed by atoms with Crippen molar-refractivity contribution >= 4 is 17.5 Å². The van der Waals surface area contributed by atoms with E-state index in [0.717, 1.165) is 30.4 Å². The molecule has 3 rings (SSSR count). The molecule has 4 nitrogen and oxygen atoms in total. The number of Topliss-reactive ketones (excluding diaryl/α,β-unsaturated/α-hetero) is 2. The van der Waals surface area contributed by atoms with E-state index in [0.29, 0.717) is 24.2 Å². The monoisotopic (exact) mass is 342 g/mol. The molecule has 0 aliphatic heterocycles. The van der Waals surface area contributed by atoms with Crippen LogP contribution in [0.1, 0.15) is 60.5 Å². The molecule has 2 aliphatic carbocycles. The van der Waals surface area contributed by atoms with E-state index in [2.05, 4.69) is 0 Å². The first-order valence-electron chi connectivity index (χ1n) is 9.22. The number of hydrogen-bond acceptors (Lipinski definition) is 4. The molecule has 0 radical (unpaired) electrons. The molecule has 4 heteroatoms. The zero-order valence-corrected chi connectivity index (χ0v) is 15.2. The molecule has 0 amide bonds. The molecular formula is C21H26O4. The van der Waals surface area contributed by atoms with Crippen LogP contribution in [0.4, 0.5) is 0 Å². The standard InChI is InChI=1S/C21H26O4/c1-12-7-8-17(9-13(12)2)19(22)14(3)25-21(24)18-10-15-5-4-6-16(11-18)20(15)23/h7-9,14-16,18H,4-6,10-11H2,1-3H3/t14-,15-,16+,18?/m0/s1. The fraction of sp³-hybridized carbons (Fsp3) is 0.571. The number of aryl methyl sites for hydroxylation is 2. The molecule has 0 N–H and O–H groups in total.